The zero-order valence-electron chi connectivity index (χ0n) is 20.7. The van der Waals surface area contributed by atoms with E-state index in [1.807, 2.05) is 76.2 Å². The monoisotopic (exact) mass is 468 g/mol. The first-order valence-electron chi connectivity index (χ1n) is 11.8. The van der Waals surface area contributed by atoms with Gasteiger partial charge in [-0.25, -0.2) is 0 Å². The SMILES string of the molecule is Cc1cc(Cc2cc(Cc3ccc(O)c(Cc4cc(C)c(O)c(C)c4)c3)ccc2O)cc(C)c1O. The van der Waals surface area contributed by atoms with Crippen LogP contribution in [0, 0.1) is 27.7 Å². The van der Waals surface area contributed by atoms with Crippen LogP contribution in [0.25, 0.3) is 0 Å². The van der Waals surface area contributed by atoms with Gasteiger partial charge in [0.2, 0.25) is 0 Å². The molecule has 0 atom stereocenters. The predicted molar refractivity (Wildman–Crippen MR) is 140 cm³/mol. The molecule has 0 radical (unpaired) electrons. The van der Waals surface area contributed by atoms with Crippen LogP contribution in [-0.4, -0.2) is 20.4 Å². The summed E-state index contributed by atoms with van der Waals surface area (Å²) in [7, 11) is 0. The topological polar surface area (TPSA) is 80.9 Å². The highest BCUT2D eigenvalue weighted by Gasteiger charge is 2.11. The van der Waals surface area contributed by atoms with Crippen molar-refractivity contribution in [3.63, 3.8) is 0 Å². The van der Waals surface area contributed by atoms with Gasteiger partial charge in [-0.2, -0.15) is 0 Å². The average molecular weight is 469 g/mol. The lowest BCUT2D eigenvalue weighted by atomic mass is 9.94. The number of hydrogen-bond donors (Lipinski definition) is 4. The lowest BCUT2D eigenvalue weighted by Crippen LogP contribution is -1.97. The molecule has 4 nitrogen and oxygen atoms in total. The van der Waals surface area contributed by atoms with E-state index in [-0.39, 0.29) is 11.5 Å². The second-order valence-corrected chi connectivity index (χ2v) is 9.61. The molecule has 0 amide bonds. The number of aryl methyl sites for hydroxylation is 4. The second-order valence-electron chi connectivity index (χ2n) is 9.61. The largest absolute Gasteiger partial charge is 0.508 e. The molecule has 4 heteroatoms. The van der Waals surface area contributed by atoms with Gasteiger partial charge in [0.05, 0.1) is 0 Å². The summed E-state index contributed by atoms with van der Waals surface area (Å²) in [6, 6.07) is 19.2. The quantitative estimate of drug-likeness (QED) is 0.260. The van der Waals surface area contributed by atoms with Crippen molar-refractivity contribution >= 4 is 0 Å². The standard InChI is InChI=1S/C31H32O4/c1-18-9-24(10-19(2)30(18)34)16-26-14-22(5-7-28(26)32)13-23-6-8-29(33)27(15-23)17-25-11-20(3)31(35)21(4)12-25/h5-12,14-15,32-35H,13,16-17H2,1-4H3. The van der Waals surface area contributed by atoms with E-state index in [1.165, 1.54) is 0 Å². The van der Waals surface area contributed by atoms with E-state index in [0.29, 0.717) is 30.8 Å². The third-order valence-corrected chi connectivity index (χ3v) is 6.59. The van der Waals surface area contributed by atoms with E-state index in [2.05, 4.69) is 0 Å². The highest BCUT2D eigenvalue weighted by Crippen LogP contribution is 2.30. The van der Waals surface area contributed by atoms with E-state index in [4.69, 9.17) is 0 Å². The molecule has 0 aliphatic heterocycles. The number of aromatic hydroxyl groups is 4. The molecule has 0 aliphatic carbocycles. The summed E-state index contributed by atoms with van der Waals surface area (Å²) in [6.45, 7) is 7.52. The minimum Gasteiger partial charge on any atom is -0.508 e. The Morgan fingerprint density at radius 2 is 0.771 bits per heavy atom. The average Bonchev–Trinajstić information content (AvgIpc) is 2.80. The summed E-state index contributed by atoms with van der Waals surface area (Å²) in [5, 5.41) is 41.0. The summed E-state index contributed by atoms with van der Waals surface area (Å²) in [5.74, 6) is 1.13. The van der Waals surface area contributed by atoms with Crippen molar-refractivity contribution in [2.45, 2.75) is 47.0 Å². The molecule has 0 heterocycles. The van der Waals surface area contributed by atoms with E-state index in [9.17, 15) is 20.4 Å². The Kier molecular flexibility index (Phi) is 6.74. The molecule has 0 saturated heterocycles. The normalized spacial score (nSPS) is 11.1. The van der Waals surface area contributed by atoms with Crippen molar-refractivity contribution in [2.75, 3.05) is 0 Å². The Balaban J connectivity index is 1.57. The number of benzene rings is 4. The summed E-state index contributed by atoms with van der Waals surface area (Å²) in [6.07, 6.45) is 1.81. The van der Waals surface area contributed by atoms with Crippen LogP contribution in [-0.2, 0) is 19.3 Å². The maximum absolute atomic E-state index is 10.5. The third-order valence-electron chi connectivity index (χ3n) is 6.59. The Morgan fingerprint density at radius 1 is 0.429 bits per heavy atom. The van der Waals surface area contributed by atoms with Gasteiger partial charge in [-0.15, -0.1) is 0 Å². The van der Waals surface area contributed by atoms with E-state index in [0.717, 1.165) is 55.6 Å². The van der Waals surface area contributed by atoms with Crippen LogP contribution < -0.4 is 0 Å². The van der Waals surface area contributed by atoms with E-state index < -0.39 is 0 Å². The first kappa shape index (κ1) is 24.2. The zero-order valence-corrected chi connectivity index (χ0v) is 20.7. The fourth-order valence-corrected chi connectivity index (χ4v) is 4.75. The van der Waals surface area contributed by atoms with Gasteiger partial charge >= 0.3 is 0 Å². The fraction of sp³-hybridized carbons (Fsp3) is 0.226. The predicted octanol–water partition coefficient (Wildman–Crippen LogP) is 6.52. The Labute approximate surface area is 206 Å². The Hall–Kier alpha value is -3.92. The first-order chi connectivity index (χ1) is 16.6. The Morgan fingerprint density at radius 3 is 1.11 bits per heavy atom. The van der Waals surface area contributed by atoms with E-state index in [1.54, 1.807) is 12.1 Å². The first-order valence-corrected chi connectivity index (χ1v) is 11.8. The summed E-state index contributed by atoms with van der Waals surface area (Å²) in [4.78, 5) is 0. The molecule has 0 aromatic heterocycles. The summed E-state index contributed by atoms with van der Waals surface area (Å²) in [5.41, 5.74) is 9.18. The molecule has 4 aromatic carbocycles. The van der Waals surface area contributed by atoms with Crippen LogP contribution in [0.15, 0.2) is 60.7 Å². The molecular formula is C31H32O4. The van der Waals surface area contributed by atoms with Crippen molar-refractivity contribution in [1.82, 2.24) is 0 Å². The van der Waals surface area contributed by atoms with Crippen molar-refractivity contribution < 1.29 is 20.4 Å². The van der Waals surface area contributed by atoms with Gasteiger partial charge in [0.25, 0.3) is 0 Å². The van der Waals surface area contributed by atoms with Gasteiger partial charge in [0.1, 0.15) is 23.0 Å². The highest BCUT2D eigenvalue weighted by molar-refractivity contribution is 5.48. The van der Waals surface area contributed by atoms with Crippen LogP contribution in [0.4, 0.5) is 0 Å². The van der Waals surface area contributed by atoms with Crippen LogP contribution in [0.1, 0.15) is 55.6 Å². The van der Waals surface area contributed by atoms with Gasteiger partial charge in [0.15, 0.2) is 0 Å². The lowest BCUT2D eigenvalue weighted by molar-refractivity contribution is 0.465. The van der Waals surface area contributed by atoms with Crippen molar-refractivity contribution in [2.24, 2.45) is 0 Å². The number of rotatable bonds is 6. The molecule has 4 N–H and O–H groups in total. The van der Waals surface area contributed by atoms with E-state index >= 15 is 0 Å². The van der Waals surface area contributed by atoms with Crippen molar-refractivity contribution in [3.05, 3.63) is 116 Å². The summed E-state index contributed by atoms with van der Waals surface area (Å²) >= 11 is 0. The molecule has 0 unspecified atom stereocenters. The van der Waals surface area contributed by atoms with Gasteiger partial charge in [-0.05, 0) is 102 Å². The van der Waals surface area contributed by atoms with Gasteiger partial charge in [-0.3, -0.25) is 0 Å². The minimum absolute atomic E-state index is 0.251. The number of phenols is 4. The highest BCUT2D eigenvalue weighted by atomic mass is 16.3. The molecule has 0 spiro atoms. The third kappa shape index (κ3) is 5.43. The van der Waals surface area contributed by atoms with Gasteiger partial charge < -0.3 is 20.4 Å². The van der Waals surface area contributed by atoms with Crippen LogP contribution in [0.3, 0.4) is 0 Å². The lowest BCUT2D eigenvalue weighted by Gasteiger charge is -2.13. The van der Waals surface area contributed by atoms with Crippen LogP contribution >= 0.6 is 0 Å². The fourth-order valence-electron chi connectivity index (χ4n) is 4.75. The molecule has 4 rings (SSSR count). The molecule has 35 heavy (non-hydrogen) atoms. The van der Waals surface area contributed by atoms with Crippen molar-refractivity contribution in [1.29, 1.82) is 0 Å². The number of phenolic OH excluding ortho intramolecular Hbond substituents is 4. The van der Waals surface area contributed by atoms with Gasteiger partial charge in [-0.1, -0.05) is 48.5 Å². The molecule has 0 saturated carbocycles. The molecule has 0 fully saturated rings. The smallest absolute Gasteiger partial charge is 0.121 e. The summed E-state index contributed by atoms with van der Waals surface area (Å²) < 4.78 is 0. The molecule has 0 bridgehead atoms. The molecule has 0 aliphatic rings. The van der Waals surface area contributed by atoms with Crippen molar-refractivity contribution in [3.8, 4) is 23.0 Å². The molecular weight excluding hydrogens is 436 g/mol. The number of hydrogen-bond acceptors (Lipinski definition) is 4. The maximum Gasteiger partial charge on any atom is 0.121 e. The van der Waals surface area contributed by atoms with Crippen LogP contribution in [0.2, 0.25) is 0 Å². The minimum atomic E-state index is 0.251. The van der Waals surface area contributed by atoms with Gasteiger partial charge in [0, 0.05) is 12.8 Å². The van der Waals surface area contributed by atoms with Crippen LogP contribution in [0.5, 0.6) is 23.0 Å². The maximum atomic E-state index is 10.5. The zero-order chi connectivity index (χ0) is 25.3. The second kappa shape index (κ2) is 9.75. The molecule has 180 valence electrons. The Bertz CT molecular complexity index is 1250. The molecule has 4 aromatic rings.